The van der Waals surface area contributed by atoms with Gasteiger partial charge in [0, 0.05) is 18.2 Å². The molecule has 0 amide bonds. The molecule has 0 aliphatic heterocycles. The van der Waals surface area contributed by atoms with Gasteiger partial charge in [-0.15, -0.1) is 10.2 Å². The van der Waals surface area contributed by atoms with E-state index in [9.17, 15) is 5.26 Å². The highest BCUT2D eigenvalue weighted by Crippen LogP contribution is 2.40. The molecule has 0 spiro atoms. The Bertz CT molecular complexity index is 962. The lowest BCUT2D eigenvalue weighted by atomic mass is 10.2. The second-order valence-corrected chi connectivity index (χ2v) is 7.36. The Balaban J connectivity index is 1.65. The van der Waals surface area contributed by atoms with Crippen molar-refractivity contribution in [2.45, 2.75) is 50.1 Å². The van der Waals surface area contributed by atoms with Crippen LogP contribution >= 0.6 is 11.8 Å². The van der Waals surface area contributed by atoms with Crippen LogP contribution in [0.25, 0.3) is 5.69 Å². The van der Waals surface area contributed by atoms with Gasteiger partial charge in [-0.05, 0) is 38.8 Å². The number of hydrogen-bond donors (Lipinski definition) is 0. The molecule has 2 heterocycles. The van der Waals surface area contributed by atoms with Gasteiger partial charge in [-0.1, -0.05) is 30.0 Å². The van der Waals surface area contributed by atoms with Crippen molar-refractivity contribution in [3.8, 4) is 11.8 Å². The lowest BCUT2D eigenvalue weighted by Gasteiger charge is -2.09. The molecule has 1 aromatic carbocycles. The molecule has 2 aromatic heterocycles. The van der Waals surface area contributed by atoms with Crippen molar-refractivity contribution in [2.75, 3.05) is 0 Å². The average molecular weight is 364 g/mol. The van der Waals surface area contributed by atoms with Crippen molar-refractivity contribution < 1.29 is 0 Å². The maximum atomic E-state index is 9.60. The predicted octanol–water partition coefficient (Wildman–Crippen LogP) is 3.83. The molecule has 0 saturated heterocycles. The third-order valence-electron chi connectivity index (χ3n) is 4.61. The van der Waals surface area contributed by atoms with Gasteiger partial charge < -0.3 is 4.57 Å². The molecule has 1 saturated carbocycles. The summed E-state index contributed by atoms with van der Waals surface area (Å²) in [4.78, 5) is 0. The van der Waals surface area contributed by atoms with Gasteiger partial charge in [-0.3, -0.25) is 0 Å². The van der Waals surface area contributed by atoms with Crippen LogP contribution in [0.15, 0.2) is 35.5 Å². The molecule has 0 radical (unpaired) electrons. The Morgan fingerprint density at radius 2 is 2.00 bits per heavy atom. The van der Waals surface area contributed by atoms with Crippen LogP contribution < -0.4 is 0 Å². The number of aryl methyl sites for hydroxylation is 1. The lowest BCUT2D eigenvalue weighted by molar-refractivity contribution is 0.643. The first-order chi connectivity index (χ1) is 12.7. The number of nitriles is 1. The Labute approximate surface area is 156 Å². The number of aromatic nitrogens is 5. The summed E-state index contributed by atoms with van der Waals surface area (Å²) in [5.41, 5.74) is 3.26. The summed E-state index contributed by atoms with van der Waals surface area (Å²) in [6, 6.07) is 12.2. The van der Waals surface area contributed by atoms with E-state index in [2.05, 4.69) is 32.9 Å². The molecule has 132 valence electrons. The monoisotopic (exact) mass is 364 g/mol. The highest BCUT2D eigenvalue weighted by Gasteiger charge is 2.30. The van der Waals surface area contributed by atoms with Crippen molar-refractivity contribution in [3.63, 3.8) is 0 Å². The topological polar surface area (TPSA) is 72.3 Å². The van der Waals surface area contributed by atoms with E-state index >= 15 is 0 Å². The summed E-state index contributed by atoms with van der Waals surface area (Å²) >= 11 is 1.62. The van der Waals surface area contributed by atoms with Gasteiger partial charge in [0.1, 0.15) is 11.9 Å². The molecule has 1 fully saturated rings. The van der Waals surface area contributed by atoms with Gasteiger partial charge in [0.15, 0.2) is 5.16 Å². The summed E-state index contributed by atoms with van der Waals surface area (Å²) in [5.74, 6) is 2.30. The van der Waals surface area contributed by atoms with E-state index in [0.717, 1.165) is 34.6 Å². The zero-order valence-electron chi connectivity index (χ0n) is 14.9. The van der Waals surface area contributed by atoms with E-state index in [0.29, 0.717) is 17.2 Å². The number of hydrogen-bond acceptors (Lipinski definition) is 5. The van der Waals surface area contributed by atoms with E-state index in [1.165, 1.54) is 12.8 Å². The Kier molecular flexibility index (Phi) is 4.51. The van der Waals surface area contributed by atoms with Gasteiger partial charge in [0.05, 0.1) is 22.6 Å². The molecule has 1 aliphatic carbocycles. The standard InChI is InChI=1S/C19H20N6S/c1-3-24-18(14-9-10-14)21-22-19(24)26-12-17-16(11-20)13(2)23-25(17)15-7-5-4-6-8-15/h4-8,14H,3,9-10,12H2,1-2H3. The zero-order valence-corrected chi connectivity index (χ0v) is 15.7. The summed E-state index contributed by atoms with van der Waals surface area (Å²) < 4.78 is 4.07. The maximum Gasteiger partial charge on any atom is 0.191 e. The Morgan fingerprint density at radius 1 is 1.23 bits per heavy atom. The van der Waals surface area contributed by atoms with Crippen molar-refractivity contribution in [2.24, 2.45) is 0 Å². The summed E-state index contributed by atoms with van der Waals surface area (Å²) in [6.07, 6.45) is 2.42. The quantitative estimate of drug-likeness (QED) is 0.622. The molecular formula is C19H20N6S. The first kappa shape index (κ1) is 16.9. The second-order valence-electron chi connectivity index (χ2n) is 6.41. The summed E-state index contributed by atoms with van der Waals surface area (Å²) in [7, 11) is 0. The number of nitrogens with zero attached hydrogens (tertiary/aromatic N) is 6. The van der Waals surface area contributed by atoms with Gasteiger partial charge >= 0.3 is 0 Å². The Morgan fingerprint density at radius 3 is 2.65 bits per heavy atom. The van der Waals surface area contributed by atoms with Crippen LogP contribution in [0, 0.1) is 18.3 Å². The highest BCUT2D eigenvalue weighted by atomic mass is 32.2. The molecule has 7 heteroatoms. The van der Waals surface area contributed by atoms with Crippen LogP contribution in [-0.4, -0.2) is 24.5 Å². The molecule has 1 aliphatic rings. The zero-order chi connectivity index (χ0) is 18.1. The van der Waals surface area contributed by atoms with Crippen LogP contribution in [0.1, 0.15) is 48.5 Å². The molecule has 26 heavy (non-hydrogen) atoms. The minimum Gasteiger partial charge on any atom is -0.306 e. The molecule has 3 aromatic rings. The predicted molar refractivity (Wildman–Crippen MR) is 100 cm³/mol. The SMILES string of the molecule is CCn1c(SCc2c(C#N)c(C)nn2-c2ccccc2)nnc1C1CC1. The third kappa shape index (κ3) is 3.01. The minimum absolute atomic E-state index is 0.573. The van der Waals surface area contributed by atoms with Gasteiger partial charge in [0.25, 0.3) is 0 Å². The van der Waals surface area contributed by atoms with Crippen LogP contribution in [0.4, 0.5) is 0 Å². The number of thioether (sulfide) groups is 1. The average Bonchev–Trinajstić information content (AvgIpc) is 3.35. The fraction of sp³-hybridized carbons (Fsp3) is 0.368. The maximum absolute atomic E-state index is 9.60. The van der Waals surface area contributed by atoms with Crippen LogP contribution in [0.5, 0.6) is 0 Å². The van der Waals surface area contributed by atoms with Gasteiger partial charge in [0.2, 0.25) is 0 Å². The summed E-state index contributed by atoms with van der Waals surface area (Å²) in [6.45, 7) is 4.87. The number of para-hydroxylation sites is 1. The summed E-state index contributed by atoms with van der Waals surface area (Å²) in [5, 5.41) is 23.9. The molecule has 4 rings (SSSR count). The van der Waals surface area contributed by atoms with E-state index in [1.807, 2.05) is 41.9 Å². The number of rotatable bonds is 6. The van der Waals surface area contributed by atoms with E-state index in [-0.39, 0.29) is 0 Å². The van der Waals surface area contributed by atoms with Crippen molar-refractivity contribution in [1.29, 1.82) is 5.26 Å². The molecule has 0 bridgehead atoms. The van der Waals surface area contributed by atoms with Crippen molar-refractivity contribution >= 4 is 11.8 Å². The van der Waals surface area contributed by atoms with Crippen molar-refractivity contribution in [1.82, 2.24) is 24.5 Å². The minimum atomic E-state index is 0.573. The smallest absolute Gasteiger partial charge is 0.191 e. The first-order valence-corrected chi connectivity index (χ1v) is 9.81. The van der Waals surface area contributed by atoms with E-state index in [4.69, 9.17) is 0 Å². The number of benzene rings is 1. The molecule has 6 nitrogen and oxygen atoms in total. The van der Waals surface area contributed by atoms with Gasteiger partial charge in [-0.25, -0.2) is 4.68 Å². The van der Waals surface area contributed by atoms with Crippen molar-refractivity contribution in [3.05, 3.63) is 53.1 Å². The largest absolute Gasteiger partial charge is 0.306 e. The third-order valence-corrected chi connectivity index (χ3v) is 5.59. The van der Waals surface area contributed by atoms with Crippen LogP contribution in [0.2, 0.25) is 0 Å². The molecular weight excluding hydrogens is 344 g/mol. The van der Waals surface area contributed by atoms with E-state index in [1.54, 1.807) is 11.8 Å². The highest BCUT2D eigenvalue weighted by molar-refractivity contribution is 7.98. The first-order valence-electron chi connectivity index (χ1n) is 8.82. The normalized spacial score (nSPS) is 13.7. The molecule has 0 unspecified atom stereocenters. The Hall–Kier alpha value is -2.59. The fourth-order valence-corrected chi connectivity index (χ4v) is 4.13. The van der Waals surface area contributed by atoms with Crippen LogP contribution in [0.3, 0.4) is 0 Å². The van der Waals surface area contributed by atoms with Gasteiger partial charge in [-0.2, -0.15) is 10.4 Å². The van der Waals surface area contributed by atoms with Crippen LogP contribution in [-0.2, 0) is 12.3 Å². The lowest BCUT2D eigenvalue weighted by Crippen LogP contribution is -2.04. The second kappa shape index (κ2) is 6.96. The fourth-order valence-electron chi connectivity index (χ4n) is 3.12. The molecule has 0 N–H and O–H groups in total. The van der Waals surface area contributed by atoms with E-state index < -0.39 is 0 Å². The molecule has 0 atom stereocenters.